The lowest BCUT2D eigenvalue weighted by molar-refractivity contribution is 0.177. The molecule has 0 aliphatic carbocycles. The summed E-state index contributed by atoms with van der Waals surface area (Å²) in [6.45, 7) is 0.672. The van der Waals surface area contributed by atoms with Crippen LogP contribution in [0.1, 0.15) is 24.8 Å². The molecule has 38 valence electrons. The minimum Gasteiger partial charge on any atom is -0.396 e. The summed E-state index contributed by atoms with van der Waals surface area (Å²) in [7, 11) is 0. The van der Waals surface area contributed by atoms with Crippen LogP contribution >= 0.6 is 0 Å². The Balaban J connectivity index is 4.14. The zero-order valence-electron chi connectivity index (χ0n) is 7.15. The molecule has 1 N–H and O–H groups in total. The van der Waals surface area contributed by atoms with E-state index >= 15 is 0 Å². The summed E-state index contributed by atoms with van der Waals surface area (Å²) in [5.74, 6) is 0. The summed E-state index contributed by atoms with van der Waals surface area (Å²) in [6, 6.07) is 0. The molecule has 0 spiro atoms. The maximum absolute atomic E-state index is 8.57. The topological polar surface area (TPSA) is 20.2 Å². The molecule has 0 aliphatic rings. The first-order valence-corrected chi connectivity index (χ1v) is 1.92. The van der Waals surface area contributed by atoms with E-state index in [2.05, 4.69) is 0 Å². The molecule has 0 unspecified atom stereocenters. The summed E-state index contributed by atoms with van der Waals surface area (Å²) in [5.41, 5.74) is -0.965. The number of hydrogen-bond donors (Lipinski definition) is 1. The Morgan fingerprint density at radius 2 is 2.33 bits per heavy atom. The normalized spacial score (nSPS) is 21.5. The van der Waals surface area contributed by atoms with E-state index in [0.717, 1.165) is 0 Å². The first-order valence-electron chi connectivity index (χ1n) is 3.42. The van der Waals surface area contributed by atoms with E-state index in [1.165, 1.54) is 13.8 Å². The molecule has 1 nitrogen and oxygen atoms in total. The van der Waals surface area contributed by atoms with Crippen molar-refractivity contribution in [2.75, 3.05) is 6.61 Å². The van der Waals surface area contributed by atoms with Gasteiger partial charge in [-0.15, -0.1) is 0 Å². The second kappa shape index (κ2) is 1.61. The second-order valence-corrected chi connectivity index (χ2v) is 2.04. The Labute approximate surface area is 43.2 Å². The molecule has 0 atom stereocenters. The van der Waals surface area contributed by atoms with Gasteiger partial charge in [-0.1, -0.05) is 20.7 Å². The average molecular weight is 91.2 g/mol. The van der Waals surface area contributed by atoms with Crippen LogP contribution < -0.4 is 0 Å². The van der Waals surface area contributed by atoms with Crippen molar-refractivity contribution in [3.8, 4) is 0 Å². The molecular weight excluding hydrogens is 76.1 g/mol. The zero-order valence-corrected chi connectivity index (χ0v) is 4.15. The number of rotatable bonds is 0. The van der Waals surface area contributed by atoms with E-state index in [4.69, 9.17) is 9.22 Å². The van der Waals surface area contributed by atoms with E-state index in [9.17, 15) is 0 Å². The van der Waals surface area contributed by atoms with Gasteiger partial charge in [-0.05, 0) is 5.41 Å². The molecule has 0 aliphatic heterocycles. The summed E-state index contributed by atoms with van der Waals surface area (Å²) in [4.78, 5) is 0. The standard InChI is InChI=1S/C5H12O/c1-5(2,3)4-6/h6H,4H2,1-3H3/i1D3. The highest BCUT2D eigenvalue weighted by Crippen LogP contribution is 2.09. The van der Waals surface area contributed by atoms with Crippen LogP contribution in [0.4, 0.5) is 0 Å². The van der Waals surface area contributed by atoms with Gasteiger partial charge in [0.1, 0.15) is 0 Å². The van der Waals surface area contributed by atoms with Crippen molar-refractivity contribution in [3.63, 3.8) is 0 Å². The summed E-state index contributed by atoms with van der Waals surface area (Å²) in [5, 5.41) is 8.57. The minimum absolute atomic E-state index is 0.302. The Bertz CT molecular complexity index is 94.9. The number of aliphatic hydroxyl groups excluding tert-OH is 1. The fourth-order valence-electron chi connectivity index (χ4n) is 0. The van der Waals surface area contributed by atoms with Crippen molar-refractivity contribution < 1.29 is 9.22 Å². The molecule has 0 saturated heterocycles. The minimum atomic E-state index is -2.05. The Hall–Kier alpha value is -0.0400. The van der Waals surface area contributed by atoms with Crippen LogP contribution in [-0.2, 0) is 0 Å². The smallest absolute Gasteiger partial charge is 0.0479 e. The first-order chi connectivity index (χ1) is 3.81. The van der Waals surface area contributed by atoms with Gasteiger partial charge in [0, 0.05) is 10.7 Å². The van der Waals surface area contributed by atoms with Gasteiger partial charge in [0.15, 0.2) is 0 Å². The van der Waals surface area contributed by atoms with Gasteiger partial charge >= 0.3 is 0 Å². The van der Waals surface area contributed by atoms with Gasteiger partial charge in [0.25, 0.3) is 0 Å². The quantitative estimate of drug-likeness (QED) is 0.472. The van der Waals surface area contributed by atoms with E-state index < -0.39 is 12.3 Å². The van der Waals surface area contributed by atoms with Gasteiger partial charge in [0.2, 0.25) is 0 Å². The van der Waals surface area contributed by atoms with Crippen LogP contribution in [0.25, 0.3) is 0 Å². The van der Waals surface area contributed by atoms with Crippen LogP contribution in [-0.4, -0.2) is 11.7 Å². The van der Waals surface area contributed by atoms with E-state index in [1.807, 2.05) is 0 Å². The number of hydrogen-bond acceptors (Lipinski definition) is 1. The van der Waals surface area contributed by atoms with Crippen molar-refractivity contribution in [1.29, 1.82) is 0 Å². The summed E-state index contributed by atoms with van der Waals surface area (Å²) in [6.07, 6.45) is 0. The largest absolute Gasteiger partial charge is 0.396 e. The van der Waals surface area contributed by atoms with E-state index in [-0.39, 0.29) is 6.61 Å². The van der Waals surface area contributed by atoms with Gasteiger partial charge in [0.05, 0.1) is 0 Å². The third-order valence-electron chi connectivity index (χ3n) is 0.395. The predicted octanol–water partition coefficient (Wildman–Crippen LogP) is 1.02. The molecule has 0 saturated carbocycles. The molecule has 0 amide bonds. The van der Waals surface area contributed by atoms with Crippen molar-refractivity contribution in [1.82, 2.24) is 0 Å². The van der Waals surface area contributed by atoms with Crippen LogP contribution in [0, 0.1) is 5.41 Å². The molecule has 1 heteroatoms. The molecule has 0 bridgehead atoms. The lowest BCUT2D eigenvalue weighted by Gasteiger charge is -2.11. The van der Waals surface area contributed by atoms with Crippen LogP contribution in [0.15, 0.2) is 0 Å². The predicted molar refractivity (Wildman–Crippen MR) is 26.5 cm³/mol. The van der Waals surface area contributed by atoms with Crippen LogP contribution in [0.5, 0.6) is 0 Å². The molecule has 0 fully saturated rings. The van der Waals surface area contributed by atoms with Gasteiger partial charge in [-0.25, -0.2) is 0 Å². The molecule has 0 aromatic carbocycles. The monoisotopic (exact) mass is 91.1 g/mol. The van der Waals surface area contributed by atoms with Crippen LogP contribution in [0.2, 0.25) is 0 Å². The average Bonchev–Trinajstić information content (AvgIpc) is 1.64. The molecule has 0 aromatic heterocycles. The Morgan fingerprint density at radius 1 is 1.83 bits per heavy atom. The highest BCUT2D eigenvalue weighted by Gasteiger charge is 2.05. The third-order valence-corrected chi connectivity index (χ3v) is 0.395. The lowest BCUT2D eigenvalue weighted by atomic mass is 9.99. The molecule has 6 heavy (non-hydrogen) atoms. The first kappa shape index (κ1) is 2.31. The molecule has 0 heterocycles. The van der Waals surface area contributed by atoms with Crippen molar-refractivity contribution in [2.45, 2.75) is 20.7 Å². The van der Waals surface area contributed by atoms with Crippen molar-refractivity contribution in [2.24, 2.45) is 5.41 Å². The molecular formula is C5H12O. The second-order valence-electron chi connectivity index (χ2n) is 2.04. The van der Waals surface area contributed by atoms with Gasteiger partial charge in [-0.2, -0.15) is 0 Å². The lowest BCUT2D eigenvalue weighted by Crippen LogP contribution is -2.09. The van der Waals surface area contributed by atoms with E-state index in [0.29, 0.717) is 0 Å². The maximum Gasteiger partial charge on any atom is 0.0479 e. The maximum atomic E-state index is 8.57. The van der Waals surface area contributed by atoms with Crippen molar-refractivity contribution >= 4 is 0 Å². The molecule has 0 aromatic rings. The highest BCUT2D eigenvalue weighted by atomic mass is 16.3. The van der Waals surface area contributed by atoms with Gasteiger partial charge in [-0.3, -0.25) is 0 Å². The fourth-order valence-corrected chi connectivity index (χ4v) is 0. The summed E-state index contributed by atoms with van der Waals surface area (Å²) >= 11 is 0. The molecule has 0 rings (SSSR count). The Kier molecular flexibility index (Phi) is 0.619. The summed E-state index contributed by atoms with van der Waals surface area (Å²) < 4.78 is 20.7. The van der Waals surface area contributed by atoms with Gasteiger partial charge < -0.3 is 5.11 Å². The number of aliphatic hydroxyl groups is 1. The Morgan fingerprint density at radius 3 is 2.33 bits per heavy atom. The van der Waals surface area contributed by atoms with E-state index in [1.54, 1.807) is 0 Å². The third kappa shape index (κ3) is 3.96. The zero-order chi connectivity index (χ0) is 7.71. The SMILES string of the molecule is [2H]C([2H])([2H])C(C)(C)CO. The fraction of sp³-hybridized carbons (Fsp3) is 1.00. The molecule has 0 radical (unpaired) electrons. The van der Waals surface area contributed by atoms with Crippen molar-refractivity contribution in [3.05, 3.63) is 0 Å². The van der Waals surface area contributed by atoms with Crippen LogP contribution in [0.3, 0.4) is 0 Å². The highest BCUT2D eigenvalue weighted by molar-refractivity contribution is 4.55.